The number of ether oxygens (including phenoxy) is 5. The summed E-state index contributed by atoms with van der Waals surface area (Å²) in [5, 5.41) is 0. The molecule has 3 aromatic rings. The Bertz CT molecular complexity index is 1690. The van der Waals surface area contributed by atoms with Gasteiger partial charge >= 0.3 is 29.8 Å². The van der Waals surface area contributed by atoms with E-state index in [0.29, 0.717) is 29.7 Å². The van der Waals surface area contributed by atoms with Crippen LogP contribution in [0.25, 0.3) is 6.08 Å². The molecule has 3 aromatic carbocycles. The van der Waals surface area contributed by atoms with E-state index in [1.165, 1.54) is 31.4 Å². The number of hydrogen-bond donors (Lipinski definition) is 0. The van der Waals surface area contributed by atoms with Gasteiger partial charge in [0.2, 0.25) is 0 Å². The van der Waals surface area contributed by atoms with Crippen molar-refractivity contribution in [3.05, 3.63) is 113 Å². The van der Waals surface area contributed by atoms with Gasteiger partial charge in [-0.2, -0.15) is 0 Å². The average Bonchev–Trinajstić information content (AvgIpc) is 3.15. The first-order chi connectivity index (χ1) is 25.1. The van der Waals surface area contributed by atoms with Crippen molar-refractivity contribution >= 4 is 35.9 Å². The van der Waals surface area contributed by atoms with Crippen LogP contribution < -0.4 is 9.47 Å². The SMILES string of the molecule is C=C(C)C(=O)OCCCCCCCCCCOC(=O)c1cc(OC(=O)c2ccc(C=CC(=O)OC)cc2)ccc1OC(=O)c1ccc(CCC)cc1. The minimum atomic E-state index is -0.715. The van der Waals surface area contributed by atoms with E-state index in [4.69, 9.17) is 18.9 Å². The van der Waals surface area contributed by atoms with Crippen LogP contribution in [0.3, 0.4) is 0 Å². The number of hydrogen-bond acceptors (Lipinski definition) is 10. The van der Waals surface area contributed by atoms with Crippen molar-refractivity contribution in [2.24, 2.45) is 0 Å². The maximum absolute atomic E-state index is 13.3. The Kier molecular flexibility index (Phi) is 17.6. The Morgan fingerprint density at radius 1 is 0.673 bits per heavy atom. The molecule has 0 atom stereocenters. The molecule has 0 aliphatic rings. The molecule has 0 aliphatic heterocycles. The molecule has 0 radical (unpaired) electrons. The van der Waals surface area contributed by atoms with Crippen LogP contribution in [-0.2, 0) is 30.2 Å². The average molecular weight is 713 g/mol. The fourth-order valence-corrected chi connectivity index (χ4v) is 5.00. The molecule has 0 heterocycles. The van der Waals surface area contributed by atoms with E-state index >= 15 is 0 Å². The van der Waals surface area contributed by atoms with Gasteiger partial charge in [0.15, 0.2) is 0 Å². The third kappa shape index (κ3) is 14.4. The number of methoxy groups -OCH3 is 1. The Morgan fingerprint density at radius 3 is 1.81 bits per heavy atom. The van der Waals surface area contributed by atoms with Crippen LogP contribution in [0.1, 0.15) is 114 Å². The van der Waals surface area contributed by atoms with E-state index in [2.05, 4.69) is 18.2 Å². The lowest BCUT2D eigenvalue weighted by Gasteiger charge is -2.13. The highest BCUT2D eigenvalue weighted by atomic mass is 16.6. The quantitative estimate of drug-likeness (QED) is 0.0348. The Labute approximate surface area is 305 Å². The zero-order chi connectivity index (χ0) is 37.7. The molecular formula is C42H48O10. The van der Waals surface area contributed by atoms with Gasteiger partial charge < -0.3 is 23.7 Å². The molecule has 0 N–H and O–H groups in total. The van der Waals surface area contributed by atoms with E-state index in [-0.39, 0.29) is 35.2 Å². The molecular weight excluding hydrogens is 664 g/mol. The third-order valence-electron chi connectivity index (χ3n) is 7.93. The lowest BCUT2D eigenvalue weighted by Crippen LogP contribution is -2.14. The number of benzene rings is 3. The molecule has 0 aromatic heterocycles. The van der Waals surface area contributed by atoms with Gasteiger partial charge in [0, 0.05) is 11.6 Å². The van der Waals surface area contributed by atoms with Crippen molar-refractivity contribution < 1.29 is 47.7 Å². The summed E-state index contributed by atoms with van der Waals surface area (Å²) >= 11 is 0. The summed E-state index contributed by atoms with van der Waals surface area (Å²) in [5.74, 6) is -2.85. The number of aryl methyl sites for hydroxylation is 1. The normalized spacial score (nSPS) is 10.8. The number of carbonyl (C=O) groups excluding carboxylic acids is 5. The minimum absolute atomic E-state index is 0.0245. The van der Waals surface area contributed by atoms with Gasteiger partial charge in [-0.05, 0) is 85.9 Å². The van der Waals surface area contributed by atoms with Crippen LogP contribution in [0, 0.1) is 0 Å². The van der Waals surface area contributed by atoms with Crippen molar-refractivity contribution in [2.75, 3.05) is 20.3 Å². The fourth-order valence-electron chi connectivity index (χ4n) is 5.00. The first-order valence-electron chi connectivity index (χ1n) is 17.6. The lowest BCUT2D eigenvalue weighted by atomic mass is 10.1. The van der Waals surface area contributed by atoms with Crippen molar-refractivity contribution in [3.63, 3.8) is 0 Å². The van der Waals surface area contributed by atoms with Gasteiger partial charge in [0.05, 0.1) is 31.5 Å². The number of rotatable bonds is 21. The Morgan fingerprint density at radius 2 is 1.23 bits per heavy atom. The molecule has 10 heteroatoms. The zero-order valence-electron chi connectivity index (χ0n) is 30.3. The predicted octanol–water partition coefficient (Wildman–Crippen LogP) is 8.66. The topological polar surface area (TPSA) is 132 Å². The van der Waals surface area contributed by atoms with Crippen LogP contribution in [0.15, 0.2) is 85.0 Å². The monoisotopic (exact) mass is 712 g/mol. The minimum Gasteiger partial charge on any atom is -0.466 e. The van der Waals surface area contributed by atoms with Gasteiger partial charge in [-0.1, -0.05) is 82.7 Å². The molecule has 0 fully saturated rings. The Balaban J connectivity index is 1.58. The van der Waals surface area contributed by atoms with Gasteiger partial charge in [0.1, 0.15) is 17.1 Å². The molecule has 10 nitrogen and oxygen atoms in total. The molecule has 0 spiro atoms. The van der Waals surface area contributed by atoms with Crippen LogP contribution in [0.4, 0.5) is 0 Å². The summed E-state index contributed by atoms with van der Waals surface area (Å²) < 4.78 is 26.4. The van der Waals surface area contributed by atoms with E-state index < -0.39 is 23.9 Å². The summed E-state index contributed by atoms with van der Waals surface area (Å²) in [5.41, 5.74) is 2.68. The van der Waals surface area contributed by atoms with Crippen molar-refractivity contribution in [2.45, 2.75) is 78.1 Å². The van der Waals surface area contributed by atoms with E-state index in [1.807, 2.05) is 12.1 Å². The number of unbranched alkanes of at least 4 members (excludes halogenated alkanes) is 7. The van der Waals surface area contributed by atoms with Crippen molar-refractivity contribution in [1.29, 1.82) is 0 Å². The summed E-state index contributed by atoms with van der Waals surface area (Å²) in [6, 6.07) is 17.6. The molecule has 0 saturated carbocycles. The lowest BCUT2D eigenvalue weighted by molar-refractivity contribution is -0.139. The molecule has 0 unspecified atom stereocenters. The summed E-state index contributed by atoms with van der Waals surface area (Å²) in [6.07, 6.45) is 12.1. The van der Waals surface area contributed by atoms with E-state index in [1.54, 1.807) is 49.4 Å². The van der Waals surface area contributed by atoms with Gasteiger partial charge in [0.25, 0.3) is 0 Å². The number of esters is 5. The van der Waals surface area contributed by atoms with Gasteiger partial charge in [-0.25, -0.2) is 24.0 Å². The van der Waals surface area contributed by atoms with E-state index in [0.717, 1.165) is 63.4 Å². The molecule has 0 aliphatic carbocycles. The maximum atomic E-state index is 13.3. The Hall–Kier alpha value is -5.51. The second-order valence-corrected chi connectivity index (χ2v) is 12.2. The van der Waals surface area contributed by atoms with Gasteiger partial charge in [-0.3, -0.25) is 0 Å². The highest BCUT2D eigenvalue weighted by Gasteiger charge is 2.21. The van der Waals surface area contributed by atoms with Crippen LogP contribution >= 0.6 is 0 Å². The smallest absolute Gasteiger partial charge is 0.343 e. The van der Waals surface area contributed by atoms with Gasteiger partial charge in [-0.15, -0.1) is 0 Å². The highest BCUT2D eigenvalue weighted by molar-refractivity contribution is 5.97. The fraction of sp³-hybridized carbons (Fsp3) is 0.357. The largest absolute Gasteiger partial charge is 0.466 e. The molecule has 0 amide bonds. The molecule has 276 valence electrons. The molecule has 0 bridgehead atoms. The maximum Gasteiger partial charge on any atom is 0.343 e. The van der Waals surface area contributed by atoms with Crippen molar-refractivity contribution in [3.8, 4) is 11.5 Å². The van der Waals surface area contributed by atoms with Crippen LogP contribution in [-0.4, -0.2) is 50.2 Å². The third-order valence-corrected chi connectivity index (χ3v) is 7.93. The number of carbonyl (C=O) groups is 5. The highest BCUT2D eigenvalue weighted by Crippen LogP contribution is 2.27. The van der Waals surface area contributed by atoms with Crippen molar-refractivity contribution in [1.82, 2.24) is 0 Å². The molecule has 0 saturated heterocycles. The summed E-state index contributed by atoms with van der Waals surface area (Å²) in [7, 11) is 1.28. The van der Waals surface area contributed by atoms with Crippen LogP contribution in [0.5, 0.6) is 11.5 Å². The molecule has 52 heavy (non-hydrogen) atoms. The molecule has 3 rings (SSSR count). The first kappa shape index (κ1) is 40.9. The second-order valence-electron chi connectivity index (χ2n) is 12.2. The first-order valence-corrected chi connectivity index (χ1v) is 17.6. The standard InChI is InChI=1S/C42H48O10/c1-5-14-31-15-20-34(21-16-31)41(46)52-37-25-24-35(51-40(45)33-22-17-32(18-23-33)19-26-38(43)48-4)29-36(37)42(47)50-28-13-11-9-7-6-8-10-12-27-49-39(44)30(2)3/h15-26,29H,2,5-14,27-28H2,1,3-4H3. The summed E-state index contributed by atoms with van der Waals surface area (Å²) in [4.78, 5) is 62.0. The predicted molar refractivity (Wildman–Crippen MR) is 197 cm³/mol. The van der Waals surface area contributed by atoms with E-state index in [9.17, 15) is 24.0 Å². The van der Waals surface area contributed by atoms with Crippen LogP contribution in [0.2, 0.25) is 0 Å². The zero-order valence-corrected chi connectivity index (χ0v) is 30.3. The second kappa shape index (κ2) is 22.3. The summed E-state index contributed by atoms with van der Waals surface area (Å²) in [6.45, 7) is 7.84.